The number of amides is 1. The highest BCUT2D eigenvalue weighted by Gasteiger charge is 2.35. The van der Waals surface area contributed by atoms with Gasteiger partial charge < -0.3 is 19.5 Å². The Labute approximate surface area is 120 Å². The largest absolute Gasteiger partial charge is 0.469 e. The molecular weight excluding hydrogens is 262 g/mol. The lowest BCUT2D eigenvalue weighted by molar-refractivity contribution is -0.144. The number of hydrogen-bond donors (Lipinski definition) is 1. The molecule has 1 aliphatic heterocycles. The molecular formula is C14H25NO5. The van der Waals surface area contributed by atoms with E-state index < -0.39 is 29.8 Å². The van der Waals surface area contributed by atoms with Crippen LogP contribution < -0.4 is 0 Å². The summed E-state index contributed by atoms with van der Waals surface area (Å²) in [6.45, 7) is 5.94. The van der Waals surface area contributed by atoms with Gasteiger partial charge in [-0.05, 0) is 40.0 Å². The topological polar surface area (TPSA) is 76.1 Å². The third-order valence-corrected chi connectivity index (χ3v) is 3.22. The van der Waals surface area contributed by atoms with Gasteiger partial charge in [-0.2, -0.15) is 0 Å². The van der Waals surface area contributed by atoms with Crippen molar-refractivity contribution in [3.05, 3.63) is 0 Å². The summed E-state index contributed by atoms with van der Waals surface area (Å²) in [5, 5.41) is 10.1. The Hall–Kier alpha value is -1.30. The molecule has 2 atom stereocenters. The molecule has 1 rings (SSSR count). The molecule has 0 unspecified atom stereocenters. The summed E-state index contributed by atoms with van der Waals surface area (Å²) in [6.07, 6.45) is 0.988. The first kappa shape index (κ1) is 16.8. The van der Waals surface area contributed by atoms with E-state index in [1.807, 2.05) is 0 Å². The normalized spacial score (nSPS) is 21.2. The molecule has 6 nitrogen and oxygen atoms in total. The summed E-state index contributed by atoms with van der Waals surface area (Å²) in [5.74, 6) is -0.479. The van der Waals surface area contributed by atoms with Crippen molar-refractivity contribution in [2.24, 2.45) is 0 Å². The van der Waals surface area contributed by atoms with Crippen LogP contribution in [0.3, 0.4) is 0 Å². The van der Waals surface area contributed by atoms with Crippen molar-refractivity contribution in [1.82, 2.24) is 4.90 Å². The van der Waals surface area contributed by atoms with E-state index in [2.05, 4.69) is 4.74 Å². The lowest BCUT2D eigenvalue weighted by atomic mass is 9.96. The minimum absolute atomic E-state index is 0.111. The predicted molar refractivity (Wildman–Crippen MR) is 73.2 cm³/mol. The quantitative estimate of drug-likeness (QED) is 0.800. The second-order valence-electron chi connectivity index (χ2n) is 6.08. The Morgan fingerprint density at radius 2 is 2.00 bits per heavy atom. The maximum absolute atomic E-state index is 12.2. The number of aliphatic hydroxyl groups is 1. The smallest absolute Gasteiger partial charge is 0.410 e. The minimum Gasteiger partial charge on any atom is -0.469 e. The van der Waals surface area contributed by atoms with Crippen LogP contribution in [0.4, 0.5) is 4.79 Å². The van der Waals surface area contributed by atoms with E-state index in [1.165, 1.54) is 12.0 Å². The van der Waals surface area contributed by atoms with Gasteiger partial charge >= 0.3 is 12.1 Å². The molecule has 1 N–H and O–H groups in total. The zero-order chi connectivity index (χ0) is 15.3. The monoisotopic (exact) mass is 287 g/mol. The van der Waals surface area contributed by atoms with E-state index in [1.54, 1.807) is 20.8 Å². The fraction of sp³-hybridized carbons (Fsp3) is 0.857. The fourth-order valence-corrected chi connectivity index (χ4v) is 2.29. The lowest BCUT2D eigenvalue weighted by Gasteiger charge is -2.38. The molecule has 0 aromatic rings. The molecule has 6 heteroatoms. The second-order valence-corrected chi connectivity index (χ2v) is 6.08. The van der Waals surface area contributed by atoms with E-state index >= 15 is 0 Å². The van der Waals surface area contributed by atoms with Crippen LogP contribution in [0.2, 0.25) is 0 Å². The van der Waals surface area contributed by atoms with Gasteiger partial charge in [-0.25, -0.2) is 4.79 Å². The first-order chi connectivity index (χ1) is 9.24. The average molecular weight is 287 g/mol. The summed E-state index contributed by atoms with van der Waals surface area (Å²) in [7, 11) is 1.28. The van der Waals surface area contributed by atoms with Gasteiger partial charge in [0.1, 0.15) is 5.60 Å². The van der Waals surface area contributed by atoms with Gasteiger partial charge in [-0.3, -0.25) is 4.79 Å². The zero-order valence-corrected chi connectivity index (χ0v) is 12.7. The van der Waals surface area contributed by atoms with Crippen molar-refractivity contribution >= 4 is 12.1 Å². The summed E-state index contributed by atoms with van der Waals surface area (Å²) in [6, 6.07) is -0.391. The van der Waals surface area contributed by atoms with Gasteiger partial charge in [0.2, 0.25) is 0 Å². The molecule has 0 spiro atoms. The summed E-state index contributed by atoms with van der Waals surface area (Å²) in [5.41, 5.74) is -0.577. The third kappa shape index (κ3) is 5.00. The molecule has 0 bridgehead atoms. The van der Waals surface area contributed by atoms with Gasteiger partial charge in [0.15, 0.2) is 0 Å². The van der Waals surface area contributed by atoms with E-state index in [9.17, 15) is 14.7 Å². The fourth-order valence-electron chi connectivity index (χ4n) is 2.29. The molecule has 0 saturated carbocycles. The van der Waals surface area contributed by atoms with Crippen molar-refractivity contribution in [3.63, 3.8) is 0 Å². The molecule has 1 amide bonds. The number of ether oxygens (including phenoxy) is 2. The van der Waals surface area contributed by atoms with Crippen LogP contribution in [-0.4, -0.2) is 53.5 Å². The number of nitrogens with zero attached hydrogens (tertiary/aromatic N) is 1. The second kappa shape index (κ2) is 6.92. The van der Waals surface area contributed by atoms with Gasteiger partial charge in [0, 0.05) is 6.54 Å². The van der Waals surface area contributed by atoms with E-state index in [4.69, 9.17) is 4.74 Å². The summed E-state index contributed by atoms with van der Waals surface area (Å²) < 4.78 is 9.90. The SMILES string of the molecule is COC(=O)C[C@H](O)[C@@H]1CCCCN1C(=O)OC(C)(C)C. The number of piperidine rings is 1. The Kier molecular flexibility index (Phi) is 5.80. The van der Waals surface area contributed by atoms with Crippen molar-refractivity contribution < 1.29 is 24.2 Å². The molecule has 20 heavy (non-hydrogen) atoms. The van der Waals surface area contributed by atoms with Crippen molar-refractivity contribution in [3.8, 4) is 0 Å². The van der Waals surface area contributed by atoms with E-state index in [0.29, 0.717) is 13.0 Å². The molecule has 0 aromatic carbocycles. The van der Waals surface area contributed by atoms with Crippen LogP contribution >= 0.6 is 0 Å². The zero-order valence-electron chi connectivity index (χ0n) is 12.7. The molecule has 0 aliphatic carbocycles. The number of aliphatic hydroxyl groups excluding tert-OH is 1. The van der Waals surface area contributed by atoms with Crippen LogP contribution in [0.25, 0.3) is 0 Å². The maximum Gasteiger partial charge on any atom is 0.410 e. The molecule has 1 fully saturated rings. The molecule has 1 saturated heterocycles. The highest BCUT2D eigenvalue weighted by Crippen LogP contribution is 2.24. The highest BCUT2D eigenvalue weighted by atomic mass is 16.6. The molecule has 1 aliphatic rings. The summed E-state index contributed by atoms with van der Waals surface area (Å²) in [4.78, 5) is 24.9. The molecule has 0 radical (unpaired) electrons. The van der Waals surface area contributed by atoms with E-state index in [-0.39, 0.29) is 6.42 Å². The number of hydrogen-bond acceptors (Lipinski definition) is 5. The van der Waals surface area contributed by atoms with Crippen LogP contribution in [0, 0.1) is 0 Å². The predicted octanol–water partition coefficient (Wildman–Crippen LogP) is 1.70. The minimum atomic E-state index is -0.921. The molecule has 1 heterocycles. The Bertz CT molecular complexity index is 350. The van der Waals surface area contributed by atoms with Crippen molar-refractivity contribution in [1.29, 1.82) is 0 Å². The first-order valence-electron chi connectivity index (χ1n) is 6.99. The number of rotatable bonds is 3. The van der Waals surface area contributed by atoms with Gasteiger partial charge in [0.25, 0.3) is 0 Å². The average Bonchev–Trinajstić information content (AvgIpc) is 2.36. The van der Waals surface area contributed by atoms with Crippen LogP contribution in [0.1, 0.15) is 46.5 Å². The van der Waals surface area contributed by atoms with Crippen molar-refractivity contribution in [2.45, 2.75) is 64.2 Å². The summed E-state index contributed by atoms with van der Waals surface area (Å²) >= 11 is 0. The molecule has 0 aromatic heterocycles. The van der Waals surface area contributed by atoms with Crippen molar-refractivity contribution in [2.75, 3.05) is 13.7 Å². The number of methoxy groups -OCH3 is 1. The van der Waals surface area contributed by atoms with Crippen LogP contribution in [0.15, 0.2) is 0 Å². The van der Waals surface area contributed by atoms with E-state index in [0.717, 1.165) is 12.8 Å². The Balaban J connectivity index is 2.70. The number of esters is 1. The third-order valence-electron chi connectivity index (χ3n) is 3.22. The first-order valence-corrected chi connectivity index (χ1v) is 6.99. The van der Waals surface area contributed by atoms with Gasteiger partial charge in [0.05, 0.1) is 25.7 Å². The Morgan fingerprint density at radius 1 is 1.35 bits per heavy atom. The standard InChI is InChI=1S/C14H25NO5/c1-14(2,3)20-13(18)15-8-6-5-7-10(15)11(16)9-12(17)19-4/h10-11,16H,5-9H2,1-4H3/t10-,11-/m0/s1. The van der Waals surface area contributed by atoms with Crippen LogP contribution in [-0.2, 0) is 14.3 Å². The Morgan fingerprint density at radius 3 is 2.55 bits per heavy atom. The number of likely N-dealkylation sites (tertiary alicyclic amines) is 1. The number of carbonyl (C=O) groups is 2. The van der Waals surface area contributed by atoms with Gasteiger partial charge in [-0.15, -0.1) is 0 Å². The highest BCUT2D eigenvalue weighted by molar-refractivity contribution is 5.71. The molecule has 116 valence electrons. The van der Waals surface area contributed by atoms with Gasteiger partial charge in [-0.1, -0.05) is 0 Å². The lowest BCUT2D eigenvalue weighted by Crippen LogP contribution is -2.51. The maximum atomic E-state index is 12.2. The van der Waals surface area contributed by atoms with Crippen LogP contribution in [0.5, 0.6) is 0 Å². The number of carbonyl (C=O) groups excluding carboxylic acids is 2.